The molecule has 0 spiro atoms. The molecule has 5 nitrogen and oxygen atoms in total. The number of nitrogens with one attached hydrogen (secondary N) is 2. The number of rotatable bonds is 5. The van der Waals surface area contributed by atoms with Crippen LogP contribution in [0.5, 0.6) is 0 Å². The highest BCUT2D eigenvalue weighted by Gasteiger charge is 2.08. The highest BCUT2D eigenvalue weighted by Crippen LogP contribution is 2.22. The van der Waals surface area contributed by atoms with Gasteiger partial charge in [0.25, 0.3) is 5.91 Å². The topological polar surface area (TPSA) is 66.9 Å². The number of hydrogen-bond donors (Lipinski definition) is 2. The maximum absolute atomic E-state index is 13.2. The predicted molar refractivity (Wildman–Crippen MR) is 94.3 cm³/mol. The van der Waals surface area contributed by atoms with Gasteiger partial charge in [0.05, 0.1) is 5.02 Å². The number of halogens is 2. The van der Waals surface area contributed by atoms with E-state index in [1.165, 1.54) is 18.3 Å². The SMILES string of the molecule is O=C(NCc1cccnc1)c1cc(Nc2ccc(F)c(Cl)c2)ccn1. The molecule has 25 heavy (non-hydrogen) atoms. The van der Waals surface area contributed by atoms with E-state index in [0.29, 0.717) is 17.9 Å². The van der Waals surface area contributed by atoms with Crippen molar-refractivity contribution in [3.05, 3.63) is 83.2 Å². The van der Waals surface area contributed by atoms with Crippen LogP contribution >= 0.6 is 11.6 Å². The molecule has 0 fully saturated rings. The van der Waals surface area contributed by atoms with Crippen molar-refractivity contribution in [2.75, 3.05) is 5.32 Å². The Morgan fingerprint density at radius 1 is 1.12 bits per heavy atom. The monoisotopic (exact) mass is 356 g/mol. The van der Waals surface area contributed by atoms with Crippen molar-refractivity contribution >= 4 is 28.9 Å². The summed E-state index contributed by atoms with van der Waals surface area (Å²) >= 11 is 5.76. The van der Waals surface area contributed by atoms with Crippen LogP contribution in [0.15, 0.2) is 61.1 Å². The summed E-state index contributed by atoms with van der Waals surface area (Å²) in [6, 6.07) is 11.3. The Labute approximate surface area is 148 Å². The van der Waals surface area contributed by atoms with Gasteiger partial charge in [0.15, 0.2) is 0 Å². The molecule has 0 saturated heterocycles. The van der Waals surface area contributed by atoms with E-state index in [1.807, 2.05) is 6.07 Å². The van der Waals surface area contributed by atoms with Crippen molar-refractivity contribution in [3.8, 4) is 0 Å². The van der Waals surface area contributed by atoms with E-state index in [9.17, 15) is 9.18 Å². The fourth-order valence-corrected chi connectivity index (χ4v) is 2.33. The van der Waals surface area contributed by atoms with Gasteiger partial charge in [-0.15, -0.1) is 0 Å². The summed E-state index contributed by atoms with van der Waals surface area (Å²) in [7, 11) is 0. The molecule has 126 valence electrons. The number of carbonyl (C=O) groups is 1. The summed E-state index contributed by atoms with van der Waals surface area (Å²) in [5, 5.41) is 5.86. The second-order valence-corrected chi connectivity index (χ2v) is 5.63. The van der Waals surface area contributed by atoms with Gasteiger partial charge >= 0.3 is 0 Å². The Bertz CT molecular complexity index is 889. The lowest BCUT2D eigenvalue weighted by Gasteiger charge is -2.09. The summed E-state index contributed by atoms with van der Waals surface area (Å²) in [4.78, 5) is 20.3. The first-order valence-corrected chi connectivity index (χ1v) is 7.85. The number of pyridine rings is 2. The molecule has 0 aliphatic carbocycles. The van der Waals surface area contributed by atoms with Crippen LogP contribution in [0.3, 0.4) is 0 Å². The summed E-state index contributed by atoms with van der Waals surface area (Å²) in [5.74, 6) is -0.790. The zero-order chi connectivity index (χ0) is 17.6. The van der Waals surface area contributed by atoms with Crippen molar-refractivity contribution < 1.29 is 9.18 Å². The summed E-state index contributed by atoms with van der Waals surface area (Å²) < 4.78 is 13.2. The average Bonchev–Trinajstić information content (AvgIpc) is 2.64. The molecule has 1 aromatic carbocycles. The minimum atomic E-state index is -0.489. The second-order valence-electron chi connectivity index (χ2n) is 5.23. The standard InChI is InChI=1S/C18H14ClFN4O/c19-15-8-13(3-4-16(15)20)24-14-5-7-22-17(9-14)18(25)23-11-12-2-1-6-21-10-12/h1-10H,11H2,(H,22,24)(H,23,25). The molecule has 2 N–H and O–H groups in total. The van der Waals surface area contributed by atoms with Crippen molar-refractivity contribution in [2.45, 2.75) is 6.54 Å². The smallest absolute Gasteiger partial charge is 0.270 e. The number of hydrogen-bond acceptors (Lipinski definition) is 4. The Morgan fingerprint density at radius 3 is 2.72 bits per heavy atom. The van der Waals surface area contributed by atoms with E-state index < -0.39 is 5.82 Å². The predicted octanol–water partition coefficient (Wildman–Crippen LogP) is 3.94. The third-order valence-corrected chi connectivity index (χ3v) is 3.67. The molecule has 0 atom stereocenters. The third kappa shape index (κ3) is 4.51. The first-order valence-electron chi connectivity index (χ1n) is 7.47. The zero-order valence-electron chi connectivity index (χ0n) is 13.0. The fourth-order valence-electron chi connectivity index (χ4n) is 2.15. The van der Waals surface area contributed by atoms with Gasteiger partial charge in [0, 0.05) is 36.5 Å². The third-order valence-electron chi connectivity index (χ3n) is 3.38. The molecule has 0 aliphatic heterocycles. The highest BCUT2D eigenvalue weighted by molar-refractivity contribution is 6.31. The normalized spacial score (nSPS) is 10.3. The Morgan fingerprint density at radius 2 is 1.96 bits per heavy atom. The van der Waals surface area contributed by atoms with E-state index in [2.05, 4.69) is 20.6 Å². The second kappa shape index (κ2) is 7.72. The van der Waals surface area contributed by atoms with Crippen LogP contribution in [0.1, 0.15) is 16.1 Å². The Kier molecular flexibility index (Phi) is 5.20. The minimum Gasteiger partial charge on any atom is -0.355 e. The molecule has 0 radical (unpaired) electrons. The Hall–Kier alpha value is -2.99. The maximum Gasteiger partial charge on any atom is 0.270 e. The van der Waals surface area contributed by atoms with Crippen LogP contribution in [0, 0.1) is 5.82 Å². The van der Waals surface area contributed by atoms with E-state index in [-0.39, 0.29) is 16.6 Å². The molecule has 3 rings (SSSR count). The molecule has 7 heteroatoms. The quantitative estimate of drug-likeness (QED) is 0.726. The maximum atomic E-state index is 13.2. The number of benzene rings is 1. The van der Waals surface area contributed by atoms with Gasteiger partial charge in [-0.05, 0) is 42.0 Å². The van der Waals surface area contributed by atoms with E-state index in [4.69, 9.17) is 11.6 Å². The molecule has 0 aliphatic rings. The summed E-state index contributed by atoms with van der Waals surface area (Å²) in [5.41, 5.74) is 2.41. The van der Waals surface area contributed by atoms with Gasteiger partial charge in [-0.3, -0.25) is 14.8 Å². The van der Waals surface area contributed by atoms with Crippen molar-refractivity contribution in [3.63, 3.8) is 0 Å². The van der Waals surface area contributed by atoms with E-state index in [1.54, 1.807) is 36.7 Å². The van der Waals surface area contributed by atoms with Crippen LogP contribution < -0.4 is 10.6 Å². The number of aromatic nitrogens is 2. The molecule has 2 aromatic heterocycles. The van der Waals surface area contributed by atoms with Crippen molar-refractivity contribution in [2.24, 2.45) is 0 Å². The lowest BCUT2D eigenvalue weighted by atomic mass is 10.2. The minimum absolute atomic E-state index is 0.0218. The molecule has 0 unspecified atom stereocenters. The van der Waals surface area contributed by atoms with E-state index >= 15 is 0 Å². The molecular formula is C18H14ClFN4O. The summed E-state index contributed by atoms with van der Waals surface area (Å²) in [6.07, 6.45) is 4.88. The highest BCUT2D eigenvalue weighted by atomic mass is 35.5. The van der Waals surface area contributed by atoms with E-state index in [0.717, 1.165) is 5.56 Å². The van der Waals surface area contributed by atoms with Gasteiger partial charge in [0.1, 0.15) is 11.5 Å². The zero-order valence-corrected chi connectivity index (χ0v) is 13.8. The lowest BCUT2D eigenvalue weighted by Crippen LogP contribution is -2.23. The van der Waals surface area contributed by atoms with Crippen LogP contribution in [-0.2, 0) is 6.54 Å². The number of nitrogens with zero attached hydrogens (tertiary/aromatic N) is 2. The number of anilines is 2. The molecule has 2 heterocycles. The van der Waals surface area contributed by atoms with Gasteiger partial charge < -0.3 is 10.6 Å². The van der Waals surface area contributed by atoms with Gasteiger partial charge in [-0.1, -0.05) is 17.7 Å². The summed E-state index contributed by atoms with van der Waals surface area (Å²) in [6.45, 7) is 0.361. The van der Waals surface area contributed by atoms with Gasteiger partial charge in [0.2, 0.25) is 0 Å². The molecule has 3 aromatic rings. The number of amides is 1. The van der Waals surface area contributed by atoms with Crippen molar-refractivity contribution in [1.29, 1.82) is 0 Å². The van der Waals surface area contributed by atoms with Crippen LogP contribution in [0.4, 0.5) is 15.8 Å². The largest absolute Gasteiger partial charge is 0.355 e. The molecule has 1 amide bonds. The lowest BCUT2D eigenvalue weighted by molar-refractivity contribution is 0.0946. The van der Waals surface area contributed by atoms with Crippen LogP contribution in [0.25, 0.3) is 0 Å². The first kappa shape index (κ1) is 16.9. The average molecular weight is 357 g/mol. The molecule has 0 saturated carbocycles. The molecule has 0 bridgehead atoms. The van der Waals surface area contributed by atoms with Gasteiger partial charge in [-0.2, -0.15) is 0 Å². The van der Waals surface area contributed by atoms with Crippen LogP contribution in [-0.4, -0.2) is 15.9 Å². The Balaban J connectivity index is 1.68. The molecular weight excluding hydrogens is 343 g/mol. The van der Waals surface area contributed by atoms with Crippen molar-refractivity contribution in [1.82, 2.24) is 15.3 Å². The van der Waals surface area contributed by atoms with Crippen LogP contribution in [0.2, 0.25) is 5.02 Å². The van der Waals surface area contributed by atoms with Gasteiger partial charge in [-0.25, -0.2) is 4.39 Å². The number of carbonyl (C=O) groups excluding carboxylic acids is 1. The fraction of sp³-hybridized carbons (Fsp3) is 0.0556. The first-order chi connectivity index (χ1) is 12.1.